The molecule has 0 bridgehead atoms. The monoisotopic (exact) mass is 297 g/mol. The Labute approximate surface area is 126 Å². The van der Waals surface area contributed by atoms with E-state index < -0.39 is 5.97 Å². The summed E-state index contributed by atoms with van der Waals surface area (Å²) in [6, 6.07) is 0. The van der Waals surface area contributed by atoms with Gasteiger partial charge in [0, 0.05) is 39.1 Å². The third-order valence-corrected chi connectivity index (χ3v) is 4.59. The van der Waals surface area contributed by atoms with Gasteiger partial charge in [0.2, 0.25) is 5.91 Å². The van der Waals surface area contributed by atoms with Crippen molar-refractivity contribution in [2.75, 3.05) is 45.8 Å². The second kappa shape index (κ2) is 8.34. The van der Waals surface area contributed by atoms with E-state index in [-0.39, 0.29) is 12.3 Å². The Bertz CT molecular complexity index is 348. The number of amides is 1. The summed E-state index contributed by atoms with van der Waals surface area (Å²) < 4.78 is 0. The number of hydrogen-bond donors (Lipinski definition) is 2. The first kappa shape index (κ1) is 16.2. The van der Waals surface area contributed by atoms with Crippen molar-refractivity contribution in [1.29, 1.82) is 0 Å². The molecule has 0 radical (unpaired) electrons. The van der Waals surface area contributed by atoms with Crippen molar-refractivity contribution in [2.24, 2.45) is 5.92 Å². The van der Waals surface area contributed by atoms with Crippen LogP contribution in [-0.2, 0) is 9.59 Å². The number of piperidine rings is 1. The second-order valence-electron chi connectivity index (χ2n) is 6.10. The van der Waals surface area contributed by atoms with Crippen LogP contribution in [0.3, 0.4) is 0 Å². The van der Waals surface area contributed by atoms with Gasteiger partial charge >= 0.3 is 5.97 Å². The molecular weight excluding hydrogens is 270 g/mol. The fourth-order valence-corrected chi connectivity index (χ4v) is 3.13. The normalized spacial score (nSPS) is 21.4. The molecule has 0 saturated carbocycles. The van der Waals surface area contributed by atoms with Crippen LogP contribution in [0, 0.1) is 5.92 Å². The van der Waals surface area contributed by atoms with Gasteiger partial charge in [0.15, 0.2) is 0 Å². The molecule has 2 fully saturated rings. The molecule has 6 heteroatoms. The molecular formula is C15H27N3O3. The number of piperazine rings is 1. The lowest BCUT2D eigenvalue weighted by molar-refractivity contribution is -0.138. The van der Waals surface area contributed by atoms with Crippen LogP contribution >= 0.6 is 0 Å². The summed E-state index contributed by atoms with van der Waals surface area (Å²) in [4.78, 5) is 26.8. The predicted octanol–water partition coefficient (Wildman–Crippen LogP) is 0.385. The summed E-state index contributed by atoms with van der Waals surface area (Å²) in [5, 5.41) is 12.0. The molecule has 0 aromatic carbocycles. The quantitative estimate of drug-likeness (QED) is 0.742. The molecule has 2 heterocycles. The van der Waals surface area contributed by atoms with Crippen LogP contribution in [0.4, 0.5) is 0 Å². The summed E-state index contributed by atoms with van der Waals surface area (Å²) >= 11 is 0. The molecule has 1 amide bonds. The van der Waals surface area contributed by atoms with Crippen LogP contribution in [0.1, 0.15) is 32.1 Å². The molecule has 21 heavy (non-hydrogen) atoms. The predicted molar refractivity (Wildman–Crippen MR) is 80.1 cm³/mol. The average Bonchev–Trinajstić information content (AvgIpc) is 2.52. The van der Waals surface area contributed by atoms with E-state index in [1.54, 1.807) is 0 Å². The van der Waals surface area contributed by atoms with E-state index >= 15 is 0 Å². The molecule has 0 aromatic heterocycles. The summed E-state index contributed by atoms with van der Waals surface area (Å²) in [6.07, 6.45) is 4.25. The minimum absolute atomic E-state index is 0.184. The minimum atomic E-state index is -0.754. The maximum atomic E-state index is 12.2. The van der Waals surface area contributed by atoms with Crippen molar-refractivity contribution < 1.29 is 14.7 Å². The smallest absolute Gasteiger partial charge is 0.304 e. The number of carbonyl (C=O) groups excluding carboxylic acids is 1. The molecule has 2 rings (SSSR count). The van der Waals surface area contributed by atoms with Gasteiger partial charge in [-0.1, -0.05) is 0 Å². The SMILES string of the molecule is O=C(O)CCN1CCN(C(=O)CCC2CCNCC2)CC1. The number of carbonyl (C=O) groups is 2. The standard InChI is InChI=1S/C15H27N3O3/c19-14(2-1-13-3-6-16-7-4-13)18-11-9-17(10-12-18)8-5-15(20)21/h13,16H,1-12H2,(H,20,21). The fourth-order valence-electron chi connectivity index (χ4n) is 3.13. The van der Waals surface area contributed by atoms with Gasteiger partial charge in [0.25, 0.3) is 0 Å². The van der Waals surface area contributed by atoms with Gasteiger partial charge in [-0.3, -0.25) is 14.5 Å². The Kier molecular flexibility index (Phi) is 6.45. The number of carboxylic acids is 1. The summed E-state index contributed by atoms with van der Waals surface area (Å²) in [7, 11) is 0. The average molecular weight is 297 g/mol. The lowest BCUT2D eigenvalue weighted by atomic mass is 9.93. The molecule has 2 N–H and O–H groups in total. The summed E-state index contributed by atoms with van der Waals surface area (Å²) in [5.41, 5.74) is 0. The number of aliphatic carboxylic acids is 1. The van der Waals surface area contributed by atoms with Gasteiger partial charge in [-0.2, -0.15) is 0 Å². The Morgan fingerprint density at radius 2 is 1.71 bits per heavy atom. The Balaban J connectivity index is 1.62. The van der Waals surface area contributed by atoms with Gasteiger partial charge in [0.1, 0.15) is 0 Å². The van der Waals surface area contributed by atoms with Gasteiger partial charge in [-0.05, 0) is 38.3 Å². The van der Waals surface area contributed by atoms with Gasteiger partial charge < -0.3 is 15.3 Å². The Morgan fingerprint density at radius 1 is 1.05 bits per heavy atom. The molecule has 2 aliphatic rings. The lowest BCUT2D eigenvalue weighted by Gasteiger charge is -2.35. The van der Waals surface area contributed by atoms with Gasteiger partial charge in [-0.15, -0.1) is 0 Å². The van der Waals surface area contributed by atoms with E-state index in [1.165, 1.54) is 12.8 Å². The number of hydrogen-bond acceptors (Lipinski definition) is 4. The molecule has 6 nitrogen and oxygen atoms in total. The summed E-state index contributed by atoms with van der Waals surface area (Å²) in [6.45, 7) is 5.84. The van der Waals surface area contributed by atoms with Gasteiger partial charge in [0.05, 0.1) is 6.42 Å². The third-order valence-electron chi connectivity index (χ3n) is 4.59. The molecule has 0 aromatic rings. The van der Waals surface area contributed by atoms with Crippen molar-refractivity contribution in [3.63, 3.8) is 0 Å². The van der Waals surface area contributed by atoms with E-state index in [4.69, 9.17) is 5.11 Å². The lowest BCUT2D eigenvalue weighted by Crippen LogP contribution is -2.49. The Morgan fingerprint density at radius 3 is 2.33 bits per heavy atom. The first-order chi connectivity index (χ1) is 10.1. The van der Waals surface area contributed by atoms with Crippen LogP contribution in [0.15, 0.2) is 0 Å². The highest BCUT2D eigenvalue weighted by molar-refractivity contribution is 5.76. The van der Waals surface area contributed by atoms with Crippen LogP contribution < -0.4 is 5.32 Å². The van der Waals surface area contributed by atoms with Crippen LogP contribution in [0.5, 0.6) is 0 Å². The van der Waals surface area contributed by atoms with Crippen molar-refractivity contribution in [3.05, 3.63) is 0 Å². The Hall–Kier alpha value is -1.14. The first-order valence-electron chi connectivity index (χ1n) is 8.08. The molecule has 0 spiro atoms. The van der Waals surface area contributed by atoms with Crippen LogP contribution in [0.25, 0.3) is 0 Å². The zero-order chi connectivity index (χ0) is 15.1. The third kappa shape index (κ3) is 5.63. The van der Waals surface area contributed by atoms with E-state index in [0.29, 0.717) is 18.9 Å². The molecule has 0 aliphatic carbocycles. The van der Waals surface area contributed by atoms with Crippen molar-refractivity contribution >= 4 is 11.9 Å². The maximum absolute atomic E-state index is 12.2. The number of nitrogens with one attached hydrogen (secondary N) is 1. The van der Waals surface area contributed by atoms with E-state index in [2.05, 4.69) is 10.2 Å². The topological polar surface area (TPSA) is 72.9 Å². The number of nitrogens with zero attached hydrogens (tertiary/aromatic N) is 2. The maximum Gasteiger partial charge on any atom is 0.304 e. The van der Waals surface area contributed by atoms with Crippen molar-refractivity contribution in [1.82, 2.24) is 15.1 Å². The van der Waals surface area contributed by atoms with Crippen molar-refractivity contribution in [2.45, 2.75) is 32.1 Å². The van der Waals surface area contributed by atoms with Crippen LogP contribution in [0.2, 0.25) is 0 Å². The molecule has 120 valence electrons. The zero-order valence-corrected chi connectivity index (χ0v) is 12.7. The van der Waals surface area contributed by atoms with Crippen LogP contribution in [-0.4, -0.2) is 72.6 Å². The van der Waals surface area contributed by atoms with E-state index in [9.17, 15) is 9.59 Å². The largest absolute Gasteiger partial charge is 0.481 e. The fraction of sp³-hybridized carbons (Fsp3) is 0.867. The highest BCUT2D eigenvalue weighted by atomic mass is 16.4. The van der Waals surface area contributed by atoms with Gasteiger partial charge in [-0.25, -0.2) is 0 Å². The second-order valence-corrected chi connectivity index (χ2v) is 6.10. The molecule has 0 unspecified atom stereocenters. The highest BCUT2D eigenvalue weighted by Gasteiger charge is 2.22. The molecule has 0 atom stereocenters. The highest BCUT2D eigenvalue weighted by Crippen LogP contribution is 2.18. The number of carboxylic acid groups (broad SMARTS) is 1. The molecule has 2 aliphatic heterocycles. The summed E-state index contributed by atoms with van der Waals surface area (Å²) in [5.74, 6) is 0.217. The van der Waals surface area contributed by atoms with E-state index in [0.717, 1.165) is 45.7 Å². The zero-order valence-electron chi connectivity index (χ0n) is 12.7. The van der Waals surface area contributed by atoms with E-state index in [1.807, 2.05) is 4.90 Å². The molecule has 2 saturated heterocycles. The first-order valence-corrected chi connectivity index (χ1v) is 8.08. The van der Waals surface area contributed by atoms with Crippen molar-refractivity contribution in [3.8, 4) is 0 Å². The minimum Gasteiger partial charge on any atom is -0.481 e. The number of rotatable bonds is 6.